The van der Waals surface area contributed by atoms with Gasteiger partial charge >= 0.3 is 0 Å². The van der Waals surface area contributed by atoms with Crippen LogP contribution in [0.1, 0.15) is 11.3 Å². The van der Waals surface area contributed by atoms with E-state index in [0.717, 1.165) is 15.8 Å². The number of benzene rings is 1. The van der Waals surface area contributed by atoms with Gasteiger partial charge in [0.1, 0.15) is 5.75 Å². The highest BCUT2D eigenvalue weighted by atomic mass is 79.9. The van der Waals surface area contributed by atoms with Crippen molar-refractivity contribution in [3.05, 3.63) is 46.1 Å². The summed E-state index contributed by atoms with van der Waals surface area (Å²) >= 11 is 3.39. The maximum absolute atomic E-state index is 8.84. The fourth-order valence-electron chi connectivity index (χ4n) is 1.33. The smallest absolute Gasteiger partial charge is 0.238 e. The molecule has 0 aliphatic rings. The van der Waals surface area contributed by atoms with Crippen molar-refractivity contribution in [3.8, 4) is 11.6 Å². The van der Waals surface area contributed by atoms with Crippen LogP contribution in [0.4, 0.5) is 0 Å². The Labute approximate surface area is 107 Å². The molecule has 0 aliphatic heterocycles. The second-order valence-electron chi connectivity index (χ2n) is 3.53. The minimum absolute atomic E-state index is 0.120. The summed E-state index contributed by atoms with van der Waals surface area (Å²) in [4.78, 5) is 0. The van der Waals surface area contributed by atoms with Crippen molar-refractivity contribution in [1.82, 2.24) is 10.2 Å². The first kappa shape index (κ1) is 12.0. The molecular formula is C12H11BrN2O2. The average Bonchev–Trinajstić information content (AvgIpc) is 2.34. The number of aromatic nitrogens is 2. The number of hydrogen-bond donors (Lipinski definition) is 1. The summed E-state index contributed by atoms with van der Waals surface area (Å²) in [5.41, 5.74) is 1.53. The van der Waals surface area contributed by atoms with Gasteiger partial charge in [0.2, 0.25) is 5.88 Å². The van der Waals surface area contributed by atoms with Gasteiger partial charge in [-0.3, -0.25) is 0 Å². The zero-order chi connectivity index (χ0) is 12.3. The van der Waals surface area contributed by atoms with Gasteiger partial charge in [-0.05, 0) is 36.8 Å². The summed E-state index contributed by atoms with van der Waals surface area (Å²) < 4.78 is 6.59. The van der Waals surface area contributed by atoms with Crippen LogP contribution in [0, 0.1) is 6.92 Å². The van der Waals surface area contributed by atoms with E-state index in [9.17, 15) is 0 Å². The predicted octanol–water partition coefficient (Wildman–Crippen LogP) is 2.83. The third-order valence-electron chi connectivity index (χ3n) is 2.21. The van der Waals surface area contributed by atoms with Crippen molar-refractivity contribution >= 4 is 15.9 Å². The Morgan fingerprint density at radius 3 is 2.65 bits per heavy atom. The molecule has 4 nitrogen and oxygen atoms in total. The van der Waals surface area contributed by atoms with Crippen molar-refractivity contribution in [1.29, 1.82) is 0 Å². The van der Waals surface area contributed by atoms with Crippen LogP contribution in [-0.4, -0.2) is 15.3 Å². The predicted molar refractivity (Wildman–Crippen MR) is 66.9 cm³/mol. The number of nitrogens with zero attached hydrogens (tertiary/aromatic N) is 2. The summed E-state index contributed by atoms with van der Waals surface area (Å²) in [6.45, 7) is 1.83. The maximum Gasteiger partial charge on any atom is 0.238 e. The minimum Gasteiger partial charge on any atom is -0.437 e. The monoisotopic (exact) mass is 294 g/mol. The van der Waals surface area contributed by atoms with Gasteiger partial charge in [-0.1, -0.05) is 15.9 Å². The van der Waals surface area contributed by atoms with Crippen LogP contribution in [0.15, 0.2) is 34.8 Å². The minimum atomic E-state index is -0.120. The third kappa shape index (κ3) is 3.01. The van der Waals surface area contributed by atoms with Gasteiger partial charge in [0, 0.05) is 10.5 Å². The lowest BCUT2D eigenvalue weighted by atomic mass is 10.2. The van der Waals surface area contributed by atoms with E-state index >= 15 is 0 Å². The third-order valence-corrected chi connectivity index (χ3v) is 2.70. The maximum atomic E-state index is 8.84. The van der Waals surface area contributed by atoms with Gasteiger partial charge in [0.05, 0.1) is 12.3 Å². The highest BCUT2D eigenvalue weighted by Gasteiger charge is 2.03. The van der Waals surface area contributed by atoms with Crippen LogP contribution in [0.3, 0.4) is 0 Å². The van der Waals surface area contributed by atoms with E-state index in [4.69, 9.17) is 9.84 Å². The Bertz CT molecular complexity index is 514. The molecule has 1 N–H and O–H groups in total. The first-order valence-electron chi connectivity index (χ1n) is 5.06. The molecule has 1 heterocycles. The van der Waals surface area contributed by atoms with Crippen molar-refractivity contribution in [2.75, 3.05) is 0 Å². The van der Waals surface area contributed by atoms with Gasteiger partial charge in [-0.15, -0.1) is 10.2 Å². The van der Waals surface area contributed by atoms with Crippen LogP contribution in [0.2, 0.25) is 0 Å². The number of aliphatic hydroxyl groups is 1. The molecule has 0 saturated carbocycles. The van der Waals surface area contributed by atoms with Crippen LogP contribution >= 0.6 is 15.9 Å². The van der Waals surface area contributed by atoms with Crippen LogP contribution in [-0.2, 0) is 6.61 Å². The lowest BCUT2D eigenvalue weighted by molar-refractivity contribution is 0.274. The summed E-state index contributed by atoms with van der Waals surface area (Å²) in [7, 11) is 0. The largest absolute Gasteiger partial charge is 0.437 e. The highest BCUT2D eigenvalue weighted by Crippen LogP contribution is 2.25. The average molecular weight is 295 g/mol. The Morgan fingerprint density at radius 1 is 1.24 bits per heavy atom. The Kier molecular flexibility index (Phi) is 3.71. The number of hydrogen-bond acceptors (Lipinski definition) is 4. The fourth-order valence-corrected chi connectivity index (χ4v) is 1.80. The fraction of sp³-hybridized carbons (Fsp3) is 0.167. The molecule has 88 valence electrons. The lowest BCUT2D eigenvalue weighted by Crippen LogP contribution is -1.95. The standard InChI is InChI=1S/C12H11BrN2O2/c1-8-6-9(13)2-4-11(8)17-12-5-3-10(7-16)14-15-12/h2-6,16H,7H2,1H3. The van der Waals surface area contributed by atoms with E-state index < -0.39 is 0 Å². The Morgan fingerprint density at radius 2 is 2.06 bits per heavy atom. The molecule has 0 saturated heterocycles. The lowest BCUT2D eigenvalue weighted by Gasteiger charge is -2.07. The molecule has 0 spiro atoms. The normalized spacial score (nSPS) is 10.3. The molecule has 2 rings (SSSR count). The van der Waals surface area contributed by atoms with Crippen LogP contribution < -0.4 is 4.74 Å². The first-order chi connectivity index (χ1) is 8.19. The Balaban J connectivity index is 2.19. The van der Waals surface area contributed by atoms with Crippen molar-refractivity contribution in [3.63, 3.8) is 0 Å². The molecule has 5 heteroatoms. The summed E-state index contributed by atoms with van der Waals surface area (Å²) in [6, 6.07) is 9.08. The number of rotatable bonds is 3. The van der Waals surface area contributed by atoms with Crippen LogP contribution in [0.5, 0.6) is 11.6 Å². The molecule has 0 amide bonds. The summed E-state index contributed by atoms with van der Waals surface area (Å²) in [6.07, 6.45) is 0. The van der Waals surface area contributed by atoms with E-state index in [2.05, 4.69) is 26.1 Å². The van der Waals surface area contributed by atoms with Gasteiger partial charge in [-0.2, -0.15) is 0 Å². The number of halogens is 1. The summed E-state index contributed by atoms with van der Waals surface area (Å²) in [5, 5.41) is 16.5. The van der Waals surface area contributed by atoms with Crippen LogP contribution in [0.25, 0.3) is 0 Å². The molecule has 1 aromatic heterocycles. The summed E-state index contributed by atoms with van der Waals surface area (Å²) in [5.74, 6) is 1.15. The van der Waals surface area contributed by atoms with E-state index in [1.807, 2.05) is 25.1 Å². The molecule has 0 bridgehead atoms. The van der Waals surface area contributed by atoms with E-state index in [0.29, 0.717) is 11.6 Å². The molecule has 0 atom stereocenters. The molecule has 0 fully saturated rings. The number of aliphatic hydroxyl groups excluding tert-OH is 1. The molecule has 0 radical (unpaired) electrons. The van der Waals surface area contributed by atoms with Crippen molar-refractivity contribution in [2.45, 2.75) is 13.5 Å². The van der Waals surface area contributed by atoms with E-state index in [1.54, 1.807) is 12.1 Å². The zero-order valence-electron chi connectivity index (χ0n) is 9.22. The Hall–Kier alpha value is -1.46. The van der Waals surface area contributed by atoms with E-state index in [1.165, 1.54) is 0 Å². The van der Waals surface area contributed by atoms with Gasteiger partial charge in [-0.25, -0.2) is 0 Å². The quantitative estimate of drug-likeness (QED) is 0.946. The molecule has 1 aromatic carbocycles. The molecule has 2 aromatic rings. The highest BCUT2D eigenvalue weighted by molar-refractivity contribution is 9.10. The second kappa shape index (κ2) is 5.25. The number of ether oxygens (including phenoxy) is 1. The van der Waals surface area contributed by atoms with Crippen molar-refractivity contribution in [2.24, 2.45) is 0 Å². The van der Waals surface area contributed by atoms with E-state index in [-0.39, 0.29) is 6.61 Å². The molecule has 17 heavy (non-hydrogen) atoms. The second-order valence-corrected chi connectivity index (χ2v) is 4.45. The van der Waals surface area contributed by atoms with Gasteiger partial charge in [0.15, 0.2) is 0 Å². The SMILES string of the molecule is Cc1cc(Br)ccc1Oc1ccc(CO)nn1. The molecule has 0 unspecified atom stereocenters. The number of aryl methyl sites for hydroxylation is 1. The molecule has 0 aliphatic carbocycles. The van der Waals surface area contributed by atoms with Crippen molar-refractivity contribution < 1.29 is 9.84 Å². The van der Waals surface area contributed by atoms with Gasteiger partial charge < -0.3 is 9.84 Å². The molecular weight excluding hydrogens is 284 g/mol. The first-order valence-corrected chi connectivity index (χ1v) is 5.86. The topological polar surface area (TPSA) is 55.2 Å². The van der Waals surface area contributed by atoms with Gasteiger partial charge in [0.25, 0.3) is 0 Å². The zero-order valence-corrected chi connectivity index (χ0v) is 10.8.